The molecule has 0 aliphatic heterocycles. The molecule has 0 aliphatic carbocycles. The number of rotatable bonds is 5. The molecular formula is C11H14N4O3S. The molecule has 7 nitrogen and oxygen atoms in total. The standard InChI is InChI=1S/C11H14N4O3S/c1-7(16)18-10-8(14-11(12)19-10)9-13-3-4-15(9)5-6-17-2/h3-4H,5-6H2,1-2H3,(H2,12,14). The molecule has 2 aromatic rings. The second-order valence-corrected chi connectivity index (χ2v) is 4.71. The van der Waals surface area contributed by atoms with Gasteiger partial charge in [0.15, 0.2) is 16.6 Å². The number of imidazole rings is 1. The molecule has 2 aromatic heterocycles. The monoisotopic (exact) mass is 282 g/mol. The summed E-state index contributed by atoms with van der Waals surface area (Å²) >= 11 is 1.11. The van der Waals surface area contributed by atoms with Gasteiger partial charge < -0.3 is 19.8 Å². The Morgan fingerprint density at radius 1 is 1.58 bits per heavy atom. The number of esters is 1. The van der Waals surface area contributed by atoms with Gasteiger partial charge in [-0.2, -0.15) is 0 Å². The molecule has 2 rings (SSSR count). The third-order valence-electron chi connectivity index (χ3n) is 2.31. The molecule has 0 aromatic carbocycles. The van der Waals surface area contributed by atoms with E-state index in [1.54, 1.807) is 19.5 Å². The smallest absolute Gasteiger partial charge is 0.308 e. The summed E-state index contributed by atoms with van der Waals surface area (Å²) < 4.78 is 12.0. The summed E-state index contributed by atoms with van der Waals surface area (Å²) in [6, 6.07) is 0. The maximum Gasteiger partial charge on any atom is 0.308 e. The molecule has 2 heterocycles. The number of nitrogens with zero attached hydrogens (tertiary/aromatic N) is 3. The van der Waals surface area contributed by atoms with Crippen molar-refractivity contribution < 1.29 is 14.3 Å². The van der Waals surface area contributed by atoms with E-state index in [-0.39, 0.29) is 0 Å². The lowest BCUT2D eigenvalue weighted by atomic mass is 10.4. The summed E-state index contributed by atoms with van der Waals surface area (Å²) in [6.45, 7) is 2.51. The van der Waals surface area contributed by atoms with Crippen LogP contribution in [0.1, 0.15) is 6.92 Å². The lowest BCUT2D eigenvalue weighted by Gasteiger charge is -2.06. The first-order chi connectivity index (χ1) is 9.11. The summed E-state index contributed by atoms with van der Waals surface area (Å²) in [5, 5.41) is 0.683. The molecule has 0 fully saturated rings. The first kappa shape index (κ1) is 13.5. The van der Waals surface area contributed by atoms with Gasteiger partial charge in [0.25, 0.3) is 0 Å². The fourth-order valence-corrected chi connectivity index (χ4v) is 2.28. The lowest BCUT2D eigenvalue weighted by molar-refractivity contribution is -0.131. The van der Waals surface area contributed by atoms with Crippen LogP contribution in [0.5, 0.6) is 5.06 Å². The van der Waals surface area contributed by atoms with E-state index in [1.807, 2.05) is 4.57 Å². The Hall–Kier alpha value is -1.93. The van der Waals surface area contributed by atoms with E-state index in [0.29, 0.717) is 34.9 Å². The van der Waals surface area contributed by atoms with Crippen LogP contribution < -0.4 is 10.5 Å². The Morgan fingerprint density at radius 3 is 3.05 bits per heavy atom. The van der Waals surface area contributed by atoms with Gasteiger partial charge in [-0.05, 0) is 0 Å². The minimum atomic E-state index is -0.417. The van der Waals surface area contributed by atoms with Crippen LogP contribution in [-0.2, 0) is 16.1 Å². The zero-order valence-electron chi connectivity index (χ0n) is 10.6. The van der Waals surface area contributed by atoms with Gasteiger partial charge >= 0.3 is 5.97 Å². The van der Waals surface area contributed by atoms with Crippen LogP contribution in [0.3, 0.4) is 0 Å². The van der Waals surface area contributed by atoms with Gasteiger partial charge in [0.05, 0.1) is 6.61 Å². The Labute approximate surface area is 114 Å². The van der Waals surface area contributed by atoms with Crippen molar-refractivity contribution in [3.8, 4) is 16.6 Å². The number of carbonyl (C=O) groups excluding carboxylic acids is 1. The zero-order valence-corrected chi connectivity index (χ0v) is 11.4. The Balaban J connectivity index is 2.35. The van der Waals surface area contributed by atoms with Gasteiger partial charge in [-0.1, -0.05) is 11.3 Å². The number of carbonyl (C=O) groups is 1. The molecule has 0 radical (unpaired) electrons. The summed E-state index contributed by atoms with van der Waals surface area (Å²) in [5.41, 5.74) is 6.14. The van der Waals surface area contributed by atoms with Crippen molar-refractivity contribution in [1.82, 2.24) is 14.5 Å². The van der Waals surface area contributed by atoms with Crippen molar-refractivity contribution in [2.75, 3.05) is 19.5 Å². The minimum absolute atomic E-state index is 0.326. The highest BCUT2D eigenvalue weighted by atomic mass is 32.1. The average molecular weight is 282 g/mol. The van der Waals surface area contributed by atoms with Crippen LogP contribution in [0.2, 0.25) is 0 Å². The van der Waals surface area contributed by atoms with E-state index in [4.69, 9.17) is 15.2 Å². The van der Waals surface area contributed by atoms with E-state index in [9.17, 15) is 4.79 Å². The van der Waals surface area contributed by atoms with E-state index < -0.39 is 5.97 Å². The summed E-state index contributed by atoms with van der Waals surface area (Å²) in [6.07, 6.45) is 3.46. The predicted molar refractivity (Wildman–Crippen MR) is 70.9 cm³/mol. The predicted octanol–water partition coefficient (Wildman–Crippen LogP) is 1.16. The van der Waals surface area contributed by atoms with Gasteiger partial charge in [-0.3, -0.25) is 4.79 Å². The number of nitrogen functional groups attached to an aromatic ring is 1. The number of thiazole rings is 1. The summed E-state index contributed by atoms with van der Waals surface area (Å²) in [4.78, 5) is 19.5. The van der Waals surface area contributed by atoms with Gasteiger partial charge in [-0.25, -0.2) is 9.97 Å². The van der Waals surface area contributed by atoms with Gasteiger partial charge in [0.1, 0.15) is 0 Å². The van der Waals surface area contributed by atoms with Crippen molar-refractivity contribution in [2.45, 2.75) is 13.5 Å². The van der Waals surface area contributed by atoms with Crippen molar-refractivity contribution >= 4 is 22.4 Å². The molecule has 0 amide bonds. The normalized spacial score (nSPS) is 10.6. The topological polar surface area (TPSA) is 92.3 Å². The number of aromatic nitrogens is 3. The number of ether oxygens (including phenoxy) is 2. The van der Waals surface area contributed by atoms with Crippen molar-refractivity contribution in [3.63, 3.8) is 0 Å². The number of anilines is 1. The van der Waals surface area contributed by atoms with Crippen molar-refractivity contribution in [2.24, 2.45) is 0 Å². The van der Waals surface area contributed by atoms with E-state index in [1.165, 1.54) is 6.92 Å². The molecule has 0 aliphatic rings. The highest BCUT2D eigenvalue weighted by Crippen LogP contribution is 2.35. The Morgan fingerprint density at radius 2 is 2.37 bits per heavy atom. The third-order valence-corrected chi connectivity index (χ3v) is 3.08. The van der Waals surface area contributed by atoms with Gasteiger partial charge in [0.2, 0.25) is 5.06 Å². The van der Waals surface area contributed by atoms with Gasteiger partial charge in [-0.15, -0.1) is 0 Å². The third kappa shape index (κ3) is 3.09. The fraction of sp³-hybridized carbons (Fsp3) is 0.364. The van der Waals surface area contributed by atoms with E-state index >= 15 is 0 Å². The molecule has 0 atom stereocenters. The van der Waals surface area contributed by atoms with E-state index in [2.05, 4.69) is 9.97 Å². The second-order valence-electron chi connectivity index (χ2n) is 3.72. The Bertz CT molecular complexity index is 578. The lowest BCUT2D eigenvalue weighted by Crippen LogP contribution is -2.06. The van der Waals surface area contributed by atoms with Crippen molar-refractivity contribution in [3.05, 3.63) is 12.4 Å². The average Bonchev–Trinajstić information content (AvgIpc) is 2.92. The molecule has 8 heteroatoms. The maximum absolute atomic E-state index is 11.1. The largest absolute Gasteiger partial charge is 0.413 e. The first-order valence-electron chi connectivity index (χ1n) is 5.57. The number of nitrogens with two attached hydrogens (primary N) is 1. The molecular weight excluding hydrogens is 268 g/mol. The van der Waals surface area contributed by atoms with Crippen LogP contribution in [0, 0.1) is 0 Å². The van der Waals surface area contributed by atoms with Crippen LogP contribution in [-0.4, -0.2) is 34.2 Å². The van der Waals surface area contributed by atoms with Crippen LogP contribution in [0.25, 0.3) is 11.5 Å². The summed E-state index contributed by atoms with van der Waals surface area (Å²) in [5.74, 6) is 0.182. The molecule has 102 valence electrons. The molecule has 0 unspecified atom stereocenters. The zero-order chi connectivity index (χ0) is 13.8. The fourth-order valence-electron chi connectivity index (χ4n) is 1.56. The van der Waals surface area contributed by atoms with Crippen LogP contribution in [0.4, 0.5) is 5.13 Å². The first-order valence-corrected chi connectivity index (χ1v) is 6.38. The summed E-state index contributed by atoms with van der Waals surface area (Å²) in [7, 11) is 1.63. The SMILES string of the molecule is COCCn1ccnc1-c1nc(N)sc1OC(C)=O. The van der Waals surface area contributed by atoms with Gasteiger partial charge in [0, 0.05) is 33.0 Å². The molecule has 2 N–H and O–H groups in total. The Kier molecular flexibility index (Phi) is 4.13. The number of hydrogen-bond donors (Lipinski definition) is 1. The van der Waals surface area contributed by atoms with Crippen molar-refractivity contribution in [1.29, 1.82) is 0 Å². The number of methoxy groups -OCH3 is 1. The maximum atomic E-state index is 11.1. The minimum Gasteiger partial charge on any atom is -0.413 e. The van der Waals surface area contributed by atoms with Crippen LogP contribution >= 0.6 is 11.3 Å². The quantitative estimate of drug-likeness (QED) is 0.827. The highest BCUT2D eigenvalue weighted by Gasteiger charge is 2.19. The molecule has 0 saturated heterocycles. The van der Waals surface area contributed by atoms with Crippen LogP contribution in [0.15, 0.2) is 12.4 Å². The molecule has 0 spiro atoms. The number of hydrogen-bond acceptors (Lipinski definition) is 7. The highest BCUT2D eigenvalue weighted by molar-refractivity contribution is 7.17. The molecule has 0 bridgehead atoms. The molecule has 0 saturated carbocycles. The molecule has 19 heavy (non-hydrogen) atoms. The second kappa shape index (κ2) is 5.81. The van der Waals surface area contributed by atoms with E-state index in [0.717, 1.165) is 11.3 Å².